The first kappa shape index (κ1) is 17.0. The molecule has 2 rings (SSSR count). The number of hydrogen-bond donors (Lipinski definition) is 0. The summed E-state index contributed by atoms with van der Waals surface area (Å²) in [6.07, 6.45) is 1.51. The van der Waals surface area contributed by atoms with Gasteiger partial charge in [0.1, 0.15) is 0 Å². The normalized spacial score (nSPS) is 20.7. The molecule has 0 N–H and O–H groups in total. The van der Waals surface area contributed by atoms with Crippen molar-refractivity contribution in [3.63, 3.8) is 0 Å². The van der Waals surface area contributed by atoms with Crippen LogP contribution in [0.15, 0.2) is 29.2 Å². The monoisotopic (exact) mass is 345 g/mol. The summed E-state index contributed by atoms with van der Waals surface area (Å²) in [6.45, 7) is 2.16. The van der Waals surface area contributed by atoms with E-state index in [1.165, 1.54) is 23.1 Å². The fourth-order valence-electron chi connectivity index (χ4n) is 2.61. The van der Waals surface area contributed by atoms with Gasteiger partial charge in [0.15, 0.2) is 19.7 Å². The van der Waals surface area contributed by atoms with E-state index in [4.69, 9.17) is 0 Å². The molecule has 1 aromatic rings. The van der Waals surface area contributed by atoms with Crippen molar-refractivity contribution < 1.29 is 21.6 Å². The number of amides is 1. The Labute approximate surface area is 131 Å². The average molecular weight is 345 g/mol. The molecule has 1 heterocycles. The van der Waals surface area contributed by atoms with Gasteiger partial charge >= 0.3 is 0 Å². The Bertz CT molecular complexity index is 783. The fourth-order valence-corrected chi connectivity index (χ4v) is 5.01. The third-order valence-electron chi connectivity index (χ3n) is 3.76. The Hall–Kier alpha value is -1.41. The van der Waals surface area contributed by atoms with Gasteiger partial charge in [-0.15, -0.1) is 0 Å². The predicted octanol–water partition coefficient (Wildman–Crippen LogP) is 0.739. The van der Waals surface area contributed by atoms with Crippen molar-refractivity contribution in [1.82, 2.24) is 4.90 Å². The molecule has 1 fully saturated rings. The second kappa shape index (κ2) is 6.00. The summed E-state index contributed by atoms with van der Waals surface area (Å²) in [7, 11) is -6.48. The number of carbonyl (C=O) groups excluding carboxylic acids is 1. The van der Waals surface area contributed by atoms with Gasteiger partial charge in [0.2, 0.25) is 0 Å². The predicted molar refractivity (Wildman–Crippen MR) is 83.3 cm³/mol. The summed E-state index contributed by atoms with van der Waals surface area (Å²) in [6, 6.07) is 5.49. The standard InChI is InChI=1S/C14H19NO5S2/c1-3-15(12-7-8-22(19,20)10-12)14(16)11-5-4-6-13(9-11)21(2,17)18/h4-6,9,12H,3,7-8,10H2,1-2H3/t12-/m1/s1. The quantitative estimate of drug-likeness (QED) is 0.803. The van der Waals surface area contributed by atoms with Crippen molar-refractivity contribution in [2.24, 2.45) is 0 Å². The molecule has 0 aliphatic carbocycles. The lowest BCUT2D eigenvalue weighted by Gasteiger charge is -2.27. The molecule has 1 aromatic carbocycles. The minimum absolute atomic E-state index is 0.0294. The molecular weight excluding hydrogens is 326 g/mol. The highest BCUT2D eigenvalue weighted by Crippen LogP contribution is 2.21. The maximum Gasteiger partial charge on any atom is 0.254 e. The molecule has 0 aromatic heterocycles. The highest BCUT2D eigenvalue weighted by molar-refractivity contribution is 7.91. The van der Waals surface area contributed by atoms with Crippen LogP contribution < -0.4 is 0 Å². The molecule has 0 unspecified atom stereocenters. The summed E-state index contributed by atoms with van der Waals surface area (Å²) in [5.41, 5.74) is 0.258. The third kappa shape index (κ3) is 3.67. The zero-order chi connectivity index (χ0) is 16.5. The highest BCUT2D eigenvalue weighted by atomic mass is 32.2. The summed E-state index contributed by atoms with van der Waals surface area (Å²) < 4.78 is 46.3. The molecule has 0 saturated carbocycles. The van der Waals surface area contributed by atoms with E-state index in [0.717, 1.165) is 6.26 Å². The van der Waals surface area contributed by atoms with Crippen LogP contribution in [0.1, 0.15) is 23.7 Å². The molecule has 1 saturated heterocycles. The summed E-state index contributed by atoms with van der Waals surface area (Å²) >= 11 is 0. The number of rotatable bonds is 4. The van der Waals surface area contributed by atoms with Crippen LogP contribution in [0.5, 0.6) is 0 Å². The number of hydrogen-bond acceptors (Lipinski definition) is 5. The van der Waals surface area contributed by atoms with Gasteiger partial charge in [-0.2, -0.15) is 0 Å². The van der Waals surface area contributed by atoms with E-state index in [2.05, 4.69) is 0 Å². The number of carbonyl (C=O) groups is 1. The van der Waals surface area contributed by atoms with Crippen molar-refractivity contribution in [3.05, 3.63) is 29.8 Å². The van der Waals surface area contributed by atoms with Gasteiger partial charge in [0, 0.05) is 24.4 Å². The van der Waals surface area contributed by atoms with Gasteiger partial charge in [-0.25, -0.2) is 16.8 Å². The molecule has 0 bridgehead atoms. The lowest BCUT2D eigenvalue weighted by molar-refractivity contribution is 0.0708. The fraction of sp³-hybridized carbons (Fsp3) is 0.500. The van der Waals surface area contributed by atoms with Crippen LogP contribution in [0.3, 0.4) is 0 Å². The molecule has 8 heteroatoms. The maximum atomic E-state index is 12.6. The van der Waals surface area contributed by atoms with E-state index in [1.807, 2.05) is 0 Å². The average Bonchev–Trinajstić information content (AvgIpc) is 2.79. The largest absolute Gasteiger partial charge is 0.335 e. The van der Waals surface area contributed by atoms with Gasteiger partial charge in [-0.3, -0.25) is 4.79 Å². The number of nitrogens with zero attached hydrogens (tertiary/aromatic N) is 1. The Balaban J connectivity index is 2.30. The summed E-state index contributed by atoms with van der Waals surface area (Å²) in [5.74, 6) is -0.279. The Morgan fingerprint density at radius 1 is 1.36 bits per heavy atom. The van der Waals surface area contributed by atoms with Gasteiger partial charge in [0.25, 0.3) is 5.91 Å². The zero-order valence-electron chi connectivity index (χ0n) is 12.5. The van der Waals surface area contributed by atoms with E-state index in [9.17, 15) is 21.6 Å². The van der Waals surface area contributed by atoms with E-state index in [0.29, 0.717) is 13.0 Å². The van der Waals surface area contributed by atoms with Crippen molar-refractivity contribution in [1.29, 1.82) is 0 Å². The molecule has 1 aliphatic rings. The third-order valence-corrected chi connectivity index (χ3v) is 6.62. The molecule has 122 valence electrons. The first-order valence-corrected chi connectivity index (χ1v) is 10.7. The first-order chi connectivity index (χ1) is 10.1. The van der Waals surface area contributed by atoms with Crippen molar-refractivity contribution in [3.8, 4) is 0 Å². The van der Waals surface area contributed by atoms with Gasteiger partial charge in [-0.1, -0.05) is 6.07 Å². The maximum absolute atomic E-state index is 12.6. The molecular formula is C14H19NO5S2. The van der Waals surface area contributed by atoms with E-state index in [1.54, 1.807) is 13.0 Å². The van der Waals surface area contributed by atoms with Crippen LogP contribution in [0.2, 0.25) is 0 Å². The topological polar surface area (TPSA) is 88.6 Å². The van der Waals surface area contributed by atoms with Gasteiger partial charge < -0.3 is 4.90 Å². The van der Waals surface area contributed by atoms with Crippen LogP contribution in [0.25, 0.3) is 0 Å². The smallest absolute Gasteiger partial charge is 0.254 e. The first-order valence-electron chi connectivity index (χ1n) is 6.95. The van der Waals surface area contributed by atoms with Crippen molar-refractivity contribution >= 4 is 25.6 Å². The summed E-state index contributed by atoms with van der Waals surface area (Å²) in [4.78, 5) is 14.2. The van der Waals surface area contributed by atoms with Crippen molar-refractivity contribution in [2.45, 2.75) is 24.3 Å². The van der Waals surface area contributed by atoms with E-state index >= 15 is 0 Å². The van der Waals surface area contributed by atoms with E-state index in [-0.39, 0.29) is 33.9 Å². The summed E-state index contributed by atoms with van der Waals surface area (Å²) in [5, 5.41) is 0. The van der Waals surface area contributed by atoms with Crippen molar-refractivity contribution in [2.75, 3.05) is 24.3 Å². The second-order valence-corrected chi connectivity index (χ2v) is 9.69. The lowest BCUT2D eigenvalue weighted by Crippen LogP contribution is -2.41. The molecule has 0 spiro atoms. The number of sulfone groups is 2. The Morgan fingerprint density at radius 3 is 2.55 bits per heavy atom. The molecule has 1 atom stereocenters. The molecule has 0 radical (unpaired) electrons. The number of benzene rings is 1. The molecule has 1 amide bonds. The zero-order valence-corrected chi connectivity index (χ0v) is 14.2. The minimum Gasteiger partial charge on any atom is -0.335 e. The van der Waals surface area contributed by atoms with E-state index < -0.39 is 19.7 Å². The van der Waals surface area contributed by atoms with Crippen LogP contribution in [-0.4, -0.2) is 58.0 Å². The molecule has 6 nitrogen and oxygen atoms in total. The van der Waals surface area contributed by atoms with Crippen LogP contribution >= 0.6 is 0 Å². The SMILES string of the molecule is CCN(C(=O)c1cccc(S(C)(=O)=O)c1)[C@@H]1CCS(=O)(=O)C1. The molecule has 1 aliphatic heterocycles. The Morgan fingerprint density at radius 2 is 2.05 bits per heavy atom. The minimum atomic E-state index is -3.40. The molecule has 22 heavy (non-hydrogen) atoms. The van der Waals surface area contributed by atoms with Crippen LogP contribution in [-0.2, 0) is 19.7 Å². The second-order valence-electron chi connectivity index (χ2n) is 5.45. The van der Waals surface area contributed by atoms with Gasteiger partial charge in [-0.05, 0) is 31.5 Å². The van der Waals surface area contributed by atoms with Crippen LogP contribution in [0.4, 0.5) is 0 Å². The van der Waals surface area contributed by atoms with Crippen LogP contribution in [0, 0.1) is 0 Å². The highest BCUT2D eigenvalue weighted by Gasteiger charge is 2.34. The Kier molecular flexibility index (Phi) is 4.62. The lowest BCUT2D eigenvalue weighted by atomic mass is 10.1. The van der Waals surface area contributed by atoms with Gasteiger partial charge in [0.05, 0.1) is 16.4 Å².